The number of hydrogen-bond donors (Lipinski definition) is 0. The van der Waals surface area contributed by atoms with E-state index in [0.717, 1.165) is 11.3 Å². The average molecular weight is 364 g/mol. The molecule has 0 aliphatic carbocycles. The monoisotopic (exact) mass is 363 g/mol. The maximum Gasteiger partial charge on any atom is 0.236 e. The van der Waals surface area contributed by atoms with Crippen molar-refractivity contribution in [3.8, 4) is 0 Å². The minimum Gasteiger partial charge on any atom is -0.368 e. The lowest BCUT2D eigenvalue weighted by Crippen LogP contribution is -2.48. The van der Waals surface area contributed by atoms with Gasteiger partial charge >= 0.3 is 0 Å². The summed E-state index contributed by atoms with van der Waals surface area (Å²) in [5.41, 5.74) is 1.76. The lowest BCUT2D eigenvalue weighted by Gasteiger charge is -2.35. The van der Waals surface area contributed by atoms with Gasteiger partial charge in [0, 0.05) is 44.0 Å². The zero-order chi connectivity index (χ0) is 17.0. The lowest BCUT2D eigenvalue weighted by molar-refractivity contribution is 0.390. The van der Waals surface area contributed by atoms with Crippen LogP contribution in [0.5, 0.6) is 0 Å². The van der Waals surface area contributed by atoms with Crippen molar-refractivity contribution in [3.05, 3.63) is 64.8 Å². The molecule has 1 aliphatic rings. The van der Waals surface area contributed by atoms with Crippen LogP contribution in [0.2, 0.25) is 5.02 Å². The highest BCUT2D eigenvalue weighted by atomic mass is 35.5. The van der Waals surface area contributed by atoms with Crippen molar-refractivity contribution < 1.29 is 8.42 Å². The molecule has 0 amide bonds. The zero-order valence-electron chi connectivity index (χ0n) is 13.0. The van der Waals surface area contributed by atoms with Gasteiger partial charge in [-0.05, 0) is 17.7 Å². The molecule has 1 aromatic heterocycles. The predicted octanol–water partition coefficient (Wildman–Crippen LogP) is 2.86. The number of halogens is 1. The number of hydrogen-bond acceptors (Lipinski definition) is 4. The van der Waals surface area contributed by atoms with E-state index in [-0.39, 0.29) is 0 Å². The summed E-state index contributed by atoms with van der Waals surface area (Å²) in [6.45, 7) is 2.06. The molecule has 2 aromatic rings. The molecule has 3 rings (SSSR count). The molecule has 0 N–H and O–H groups in total. The number of piperazine rings is 1. The number of nitrogens with zero attached hydrogens (tertiary/aromatic N) is 3. The molecule has 0 unspecified atom stereocenters. The Morgan fingerprint density at radius 3 is 2.42 bits per heavy atom. The van der Waals surface area contributed by atoms with Gasteiger partial charge in [-0.3, -0.25) is 4.98 Å². The standard InChI is InChI=1S/C17H18ClN3O2S/c18-16-14-19-8-6-17(16)20-9-11-21(12-10-20)24(22,23)13-7-15-4-2-1-3-5-15/h1-8,13-14H,9-12H2/b13-7+. The van der Waals surface area contributed by atoms with Gasteiger partial charge in [-0.1, -0.05) is 41.9 Å². The first kappa shape index (κ1) is 17.0. The van der Waals surface area contributed by atoms with Gasteiger partial charge in [0.15, 0.2) is 0 Å². The summed E-state index contributed by atoms with van der Waals surface area (Å²) in [5.74, 6) is 0. The highest BCUT2D eigenvalue weighted by Crippen LogP contribution is 2.25. The first-order chi connectivity index (χ1) is 11.6. The summed E-state index contributed by atoms with van der Waals surface area (Å²) in [7, 11) is -3.42. The largest absolute Gasteiger partial charge is 0.368 e. The third-order valence-corrected chi connectivity index (χ3v) is 5.78. The normalized spacial score (nSPS) is 16.6. The summed E-state index contributed by atoms with van der Waals surface area (Å²) in [5, 5.41) is 1.86. The van der Waals surface area contributed by atoms with E-state index >= 15 is 0 Å². The van der Waals surface area contributed by atoms with Crippen molar-refractivity contribution in [1.82, 2.24) is 9.29 Å². The molecule has 0 saturated carbocycles. The minimum atomic E-state index is -3.42. The number of anilines is 1. The van der Waals surface area contributed by atoms with Crippen LogP contribution in [-0.4, -0.2) is 43.9 Å². The minimum absolute atomic E-state index is 0.431. The van der Waals surface area contributed by atoms with Crippen molar-refractivity contribution in [2.24, 2.45) is 0 Å². The van der Waals surface area contributed by atoms with E-state index in [1.807, 2.05) is 36.4 Å². The summed E-state index contributed by atoms with van der Waals surface area (Å²) >= 11 is 6.15. The van der Waals surface area contributed by atoms with Gasteiger partial charge in [-0.15, -0.1) is 0 Å². The Kier molecular flexibility index (Phi) is 5.18. The van der Waals surface area contributed by atoms with Gasteiger partial charge in [0.05, 0.1) is 10.7 Å². The predicted molar refractivity (Wildman–Crippen MR) is 97.4 cm³/mol. The van der Waals surface area contributed by atoms with E-state index in [4.69, 9.17) is 11.6 Å². The second-order valence-corrected chi connectivity index (χ2v) is 7.70. The Hall–Kier alpha value is -1.89. The Balaban J connectivity index is 1.65. The van der Waals surface area contributed by atoms with Crippen molar-refractivity contribution in [2.45, 2.75) is 0 Å². The Bertz CT molecular complexity index is 817. The van der Waals surface area contributed by atoms with E-state index < -0.39 is 10.0 Å². The maximum atomic E-state index is 12.5. The average Bonchev–Trinajstić information content (AvgIpc) is 2.62. The molecular weight excluding hydrogens is 346 g/mol. The number of aromatic nitrogens is 1. The van der Waals surface area contributed by atoms with E-state index in [1.165, 1.54) is 9.71 Å². The fraction of sp³-hybridized carbons (Fsp3) is 0.235. The quantitative estimate of drug-likeness (QED) is 0.838. The first-order valence-corrected chi connectivity index (χ1v) is 9.52. The number of benzene rings is 1. The Labute approximate surface area is 147 Å². The second-order valence-electron chi connectivity index (χ2n) is 5.47. The van der Waals surface area contributed by atoms with Crippen LogP contribution >= 0.6 is 11.6 Å². The van der Waals surface area contributed by atoms with Gasteiger partial charge in [0.2, 0.25) is 10.0 Å². The van der Waals surface area contributed by atoms with Crippen molar-refractivity contribution >= 4 is 33.4 Å². The number of sulfonamides is 1. The van der Waals surface area contributed by atoms with Crippen molar-refractivity contribution in [3.63, 3.8) is 0 Å². The van der Waals surface area contributed by atoms with Crippen LogP contribution in [0.15, 0.2) is 54.2 Å². The Morgan fingerprint density at radius 2 is 1.75 bits per heavy atom. The summed E-state index contributed by atoms with van der Waals surface area (Å²) in [4.78, 5) is 6.05. The summed E-state index contributed by atoms with van der Waals surface area (Å²) in [6.07, 6.45) is 4.91. The molecule has 126 valence electrons. The number of rotatable bonds is 4. The third kappa shape index (κ3) is 3.95. The molecule has 0 bridgehead atoms. The van der Waals surface area contributed by atoms with Gasteiger partial charge in [-0.2, -0.15) is 4.31 Å². The van der Waals surface area contributed by atoms with Gasteiger partial charge in [-0.25, -0.2) is 8.42 Å². The molecule has 1 aromatic carbocycles. The first-order valence-electron chi connectivity index (χ1n) is 7.64. The van der Waals surface area contributed by atoms with Gasteiger partial charge in [0.1, 0.15) is 0 Å². The second kappa shape index (κ2) is 7.34. The van der Waals surface area contributed by atoms with Crippen LogP contribution in [0.1, 0.15) is 5.56 Å². The molecule has 1 aliphatic heterocycles. The van der Waals surface area contributed by atoms with Crippen LogP contribution in [0.25, 0.3) is 6.08 Å². The van der Waals surface area contributed by atoms with E-state index in [0.29, 0.717) is 31.2 Å². The SMILES string of the molecule is O=S(=O)(/C=C/c1ccccc1)N1CCN(c2ccncc2Cl)CC1. The van der Waals surface area contributed by atoms with Gasteiger partial charge in [0.25, 0.3) is 0 Å². The fourth-order valence-electron chi connectivity index (χ4n) is 2.62. The molecule has 0 atom stereocenters. The highest BCUT2D eigenvalue weighted by Gasteiger charge is 2.25. The van der Waals surface area contributed by atoms with Crippen molar-refractivity contribution in [2.75, 3.05) is 31.1 Å². The van der Waals surface area contributed by atoms with E-state index in [9.17, 15) is 8.42 Å². The van der Waals surface area contributed by atoms with E-state index in [2.05, 4.69) is 9.88 Å². The zero-order valence-corrected chi connectivity index (χ0v) is 14.6. The fourth-order valence-corrected chi connectivity index (χ4v) is 4.03. The molecule has 7 heteroatoms. The van der Waals surface area contributed by atoms with Crippen LogP contribution in [0.4, 0.5) is 5.69 Å². The van der Waals surface area contributed by atoms with Gasteiger partial charge < -0.3 is 4.90 Å². The van der Waals surface area contributed by atoms with Crippen LogP contribution < -0.4 is 4.90 Å². The van der Waals surface area contributed by atoms with Crippen LogP contribution in [0.3, 0.4) is 0 Å². The molecule has 1 saturated heterocycles. The summed E-state index contributed by atoms with van der Waals surface area (Å²) < 4.78 is 26.4. The molecule has 24 heavy (non-hydrogen) atoms. The molecule has 2 heterocycles. The molecular formula is C17H18ClN3O2S. The topological polar surface area (TPSA) is 53.5 Å². The smallest absolute Gasteiger partial charge is 0.236 e. The number of pyridine rings is 1. The van der Waals surface area contributed by atoms with Crippen LogP contribution in [0, 0.1) is 0 Å². The molecule has 1 fully saturated rings. The lowest BCUT2D eigenvalue weighted by atomic mass is 10.2. The van der Waals surface area contributed by atoms with Crippen LogP contribution in [-0.2, 0) is 10.0 Å². The summed E-state index contributed by atoms with van der Waals surface area (Å²) in [6, 6.07) is 11.2. The maximum absolute atomic E-state index is 12.5. The molecule has 0 radical (unpaired) electrons. The third-order valence-electron chi connectivity index (χ3n) is 3.92. The highest BCUT2D eigenvalue weighted by molar-refractivity contribution is 7.92. The van der Waals surface area contributed by atoms with E-state index in [1.54, 1.807) is 18.5 Å². The molecule has 5 nitrogen and oxygen atoms in total. The van der Waals surface area contributed by atoms with Crippen molar-refractivity contribution in [1.29, 1.82) is 0 Å². The Morgan fingerprint density at radius 1 is 1.04 bits per heavy atom. The molecule has 0 spiro atoms.